The van der Waals surface area contributed by atoms with Crippen molar-refractivity contribution >= 4 is 6.21 Å². The lowest BCUT2D eigenvalue weighted by Crippen LogP contribution is -1.96. The van der Waals surface area contributed by atoms with E-state index in [0.717, 1.165) is 5.56 Å². The van der Waals surface area contributed by atoms with Crippen molar-refractivity contribution in [1.29, 1.82) is 0 Å². The summed E-state index contributed by atoms with van der Waals surface area (Å²) in [4.78, 5) is 4.91. The molecule has 2 aromatic carbocycles. The maximum atomic E-state index is 13.3. The van der Waals surface area contributed by atoms with Crippen LogP contribution < -0.4 is 4.74 Å². The zero-order valence-corrected chi connectivity index (χ0v) is 10.8. The fourth-order valence-electron chi connectivity index (χ4n) is 1.59. The summed E-state index contributed by atoms with van der Waals surface area (Å²) in [5.41, 5.74) is 0.619. The molecule has 0 N–H and O–H groups in total. The third kappa shape index (κ3) is 3.54. The lowest BCUT2D eigenvalue weighted by molar-refractivity contribution is 0.126. The van der Waals surface area contributed by atoms with Crippen molar-refractivity contribution in [1.82, 2.24) is 0 Å². The van der Waals surface area contributed by atoms with Crippen LogP contribution in [-0.4, -0.2) is 13.3 Å². The first-order valence-corrected chi connectivity index (χ1v) is 5.93. The van der Waals surface area contributed by atoms with Gasteiger partial charge in [-0.1, -0.05) is 23.4 Å². The third-order valence-corrected chi connectivity index (χ3v) is 2.64. The molecule has 0 bridgehead atoms. The Kier molecular flexibility index (Phi) is 4.65. The topological polar surface area (TPSA) is 30.8 Å². The Morgan fingerprint density at radius 2 is 1.80 bits per heavy atom. The van der Waals surface area contributed by atoms with Crippen molar-refractivity contribution in [3.63, 3.8) is 0 Å². The van der Waals surface area contributed by atoms with E-state index in [4.69, 9.17) is 9.57 Å². The summed E-state index contributed by atoms with van der Waals surface area (Å²) >= 11 is 0. The van der Waals surface area contributed by atoms with Crippen LogP contribution in [0.25, 0.3) is 0 Å². The summed E-state index contributed by atoms with van der Waals surface area (Å²) in [5.74, 6) is -0.614. The van der Waals surface area contributed by atoms with Crippen LogP contribution in [0.3, 0.4) is 0 Å². The molecule has 0 heterocycles. The molecule has 104 valence electrons. The van der Waals surface area contributed by atoms with E-state index in [1.54, 1.807) is 31.4 Å². The van der Waals surface area contributed by atoms with Crippen LogP contribution in [-0.2, 0) is 11.4 Å². The van der Waals surface area contributed by atoms with Crippen molar-refractivity contribution < 1.29 is 18.4 Å². The minimum Gasteiger partial charge on any atom is -0.497 e. The SMILES string of the molecule is COc1cccc(C=NOCc2c(F)cccc2F)c1. The number of nitrogens with zero attached hydrogens (tertiary/aromatic N) is 1. The minimum atomic E-state index is -0.651. The summed E-state index contributed by atoms with van der Waals surface area (Å²) in [6.45, 7) is -0.265. The summed E-state index contributed by atoms with van der Waals surface area (Å²) in [5, 5.41) is 3.68. The van der Waals surface area contributed by atoms with Gasteiger partial charge < -0.3 is 9.57 Å². The molecule has 0 saturated carbocycles. The van der Waals surface area contributed by atoms with Crippen LogP contribution in [0.1, 0.15) is 11.1 Å². The van der Waals surface area contributed by atoms with E-state index >= 15 is 0 Å². The Bertz CT molecular complexity index is 594. The number of hydrogen-bond donors (Lipinski definition) is 0. The average molecular weight is 277 g/mol. The number of oxime groups is 1. The first-order chi connectivity index (χ1) is 9.70. The Labute approximate surface area is 115 Å². The van der Waals surface area contributed by atoms with Crippen molar-refractivity contribution in [2.75, 3.05) is 7.11 Å². The van der Waals surface area contributed by atoms with E-state index in [1.165, 1.54) is 24.4 Å². The Balaban J connectivity index is 1.97. The predicted octanol–water partition coefficient (Wildman–Crippen LogP) is 3.52. The molecule has 3 nitrogen and oxygen atoms in total. The minimum absolute atomic E-state index is 0.143. The fraction of sp³-hybridized carbons (Fsp3) is 0.133. The highest BCUT2D eigenvalue weighted by molar-refractivity contribution is 5.79. The van der Waals surface area contributed by atoms with Gasteiger partial charge in [-0.2, -0.15) is 0 Å². The Hall–Kier alpha value is -2.43. The van der Waals surface area contributed by atoms with E-state index < -0.39 is 11.6 Å². The van der Waals surface area contributed by atoms with E-state index in [1.807, 2.05) is 0 Å². The molecule has 0 saturated heterocycles. The van der Waals surface area contributed by atoms with Crippen molar-refractivity contribution in [2.24, 2.45) is 5.16 Å². The summed E-state index contributed by atoms with van der Waals surface area (Å²) in [6, 6.07) is 10.8. The molecule has 0 amide bonds. The molecule has 2 aromatic rings. The first kappa shape index (κ1) is 14.0. The molecule has 0 radical (unpaired) electrons. The standard InChI is InChI=1S/C15H13F2NO2/c1-19-12-5-2-4-11(8-12)9-18-20-10-13-14(16)6-3-7-15(13)17/h2-9H,10H2,1H3. The number of benzene rings is 2. The Morgan fingerprint density at radius 3 is 2.50 bits per heavy atom. The van der Waals surface area contributed by atoms with Gasteiger partial charge in [0.1, 0.15) is 24.0 Å². The normalized spacial score (nSPS) is 10.8. The maximum absolute atomic E-state index is 13.3. The van der Waals surface area contributed by atoms with Gasteiger partial charge in [0.2, 0.25) is 0 Å². The molecule has 2 rings (SSSR count). The highest BCUT2D eigenvalue weighted by Crippen LogP contribution is 2.13. The largest absolute Gasteiger partial charge is 0.497 e. The second-order valence-electron chi connectivity index (χ2n) is 3.98. The molecule has 0 spiro atoms. The Morgan fingerprint density at radius 1 is 1.10 bits per heavy atom. The second-order valence-corrected chi connectivity index (χ2v) is 3.98. The molecule has 0 unspecified atom stereocenters. The molecule has 0 atom stereocenters. The third-order valence-electron chi connectivity index (χ3n) is 2.64. The monoisotopic (exact) mass is 277 g/mol. The highest BCUT2D eigenvalue weighted by Gasteiger charge is 2.08. The lowest BCUT2D eigenvalue weighted by atomic mass is 10.2. The van der Waals surface area contributed by atoms with Crippen molar-refractivity contribution in [3.8, 4) is 5.75 Å². The molecule has 20 heavy (non-hydrogen) atoms. The van der Waals surface area contributed by atoms with Crippen LogP contribution >= 0.6 is 0 Å². The lowest BCUT2D eigenvalue weighted by Gasteiger charge is -2.03. The second kappa shape index (κ2) is 6.65. The molecule has 0 aromatic heterocycles. The van der Waals surface area contributed by atoms with Gasteiger partial charge >= 0.3 is 0 Å². The van der Waals surface area contributed by atoms with Gasteiger partial charge in [-0.05, 0) is 29.8 Å². The zero-order chi connectivity index (χ0) is 14.4. The summed E-state index contributed by atoms with van der Waals surface area (Å²) in [7, 11) is 1.56. The van der Waals surface area contributed by atoms with Gasteiger partial charge in [-0.15, -0.1) is 0 Å². The van der Waals surface area contributed by atoms with Gasteiger partial charge in [-0.3, -0.25) is 0 Å². The fourth-order valence-corrected chi connectivity index (χ4v) is 1.59. The molecule has 0 fully saturated rings. The molecular weight excluding hydrogens is 264 g/mol. The first-order valence-electron chi connectivity index (χ1n) is 5.93. The van der Waals surface area contributed by atoms with E-state index in [0.29, 0.717) is 5.75 Å². The highest BCUT2D eigenvalue weighted by atomic mass is 19.1. The molecule has 0 aliphatic heterocycles. The van der Waals surface area contributed by atoms with Gasteiger partial charge in [-0.25, -0.2) is 8.78 Å². The van der Waals surface area contributed by atoms with E-state index in [2.05, 4.69) is 5.16 Å². The van der Waals surface area contributed by atoms with Gasteiger partial charge in [0.15, 0.2) is 0 Å². The van der Waals surface area contributed by atoms with Crippen LogP contribution in [0.2, 0.25) is 0 Å². The van der Waals surface area contributed by atoms with Gasteiger partial charge in [0.25, 0.3) is 0 Å². The summed E-state index contributed by atoms with van der Waals surface area (Å²) in [6.07, 6.45) is 1.45. The van der Waals surface area contributed by atoms with Gasteiger partial charge in [0.05, 0.1) is 18.9 Å². The quantitative estimate of drug-likeness (QED) is 0.618. The van der Waals surface area contributed by atoms with Crippen molar-refractivity contribution in [3.05, 3.63) is 65.2 Å². The number of ether oxygens (including phenoxy) is 1. The number of methoxy groups -OCH3 is 1. The van der Waals surface area contributed by atoms with Crippen molar-refractivity contribution in [2.45, 2.75) is 6.61 Å². The van der Waals surface area contributed by atoms with E-state index in [-0.39, 0.29) is 12.2 Å². The van der Waals surface area contributed by atoms with Crippen LogP contribution in [0.15, 0.2) is 47.6 Å². The number of halogens is 2. The number of rotatable bonds is 5. The molecular formula is C15H13F2NO2. The molecule has 0 aliphatic carbocycles. The zero-order valence-electron chi connectivity index (χ0n) is 10.8. The summed E-state index contributed by atoms with van der Waals surface area (Å²) < 4.78 is 31.7. The van der Waals surface area contributed by atoms with Crippen LogP contribution in [0, 0.1) is 11.6 Å². The maximum Gasteiger partial charge on any atom is 0.147 e. The molecule has 0 aliphatic rings. The van der Waals surface area contributed by atoms with Crippen LogP contribution in [0.4, 0.5) is 8.78 Å². The number of hydrogen-bond acceptors (Lipinski definition) is 3. The average Bonchev–Trinajstić information content (AvgIpc) is 2.46. The predicted molar refractivity (Wildman–Crippen MR) is 71.7 cm³/mol. The van der Waals surface area contributed by atoms with E-state index in [9.17, 15) is 8.78 Å². The van der Waals surface area contributed by atoms with Crippen LogP contribution in [0.5, 0.6) is 5.75 Å². The smallest absolute Gasteiger partial charge is 0.147 e. The van der Waals surface area contributed by atoms with Gasteiger partial charge in [0, 0.05) is 0 Å². The molecule has 5 heteroatoms.